The zero-order chi connectivity index (χ0) is 20.2. The Morgan fingerprint density at radius 3 is 2.45 bits per heavy atom. The number of rotatable bonds is 6. The number of furan rings is 1. The minimum atomic E-state index is 0.142. The number of benzene rings is 2. The monoisotopic (exact) mass is 391 g/mol. The third-order valence-electron chi connectivity index (χ3n) is 5.38. The van der Waals surface area contributed by atoms with E-state index < -0.39 is 0 Å². The van der Waals surface area contributed by atoms with Gasteiger partial charge in [0.15, 0.2) is 11.5 Å². The molecule has 0 atom stereocenters. The normalized spacial score (nSPS) is 13.1. The molecule has 0 saturated heterocycles. The molecule has 5 heteroatoms. The number of amides is 1. The number of nitrogens with zero attached hydrogens (tertiary/aromatic N) is 1. The fourth-order valence-corrected chi connectivity index (χ4v) is 3.75. The van der Waals surface area contributed by atoms with E-state index in [0.29, 0.717) is 25.1 Å². The van der Waals surface area contributed by atoms with E-state index in [1.165, 1.54) is 5.56 Å². The van der Waals surface area contributed by atoms with E-state index in [4.69, 9.17) is 13.9 Å². The van der Waals surface area contributed by atoms with Crippen molar-refractivity contribution in [3.63, 3.8) is 0 Å². The van der Waals surface area contributed by atoms with Crippen molar-refractivity contribution in [3.05, 3.63) is 71.5 Å². The molecule has 2 aromatic carbocycles. The molecule has 2 heterocycles. The van der Waals surface area contributed by atoms with Gasteiger partial charge in [0.1, 0.15) is 11.5 Å². The number of ether oxygens (including phenoxy) is 2. The molecular formula is C24H25NO4. The van der Waals surface area contributed by atoms with Gasteiger partial charge in [-0.3, -0.25) is 4.79 Å². The highest BCUT2D eigenvalue weighted by Crippen LogP contribution is 2.33. The lowest BCUT2D eigenvalue weighted by Gasteiger charge is -2.29. The molecular weight excluding hydrogens is 366 g/mol. The number of fused-ring (bicyclic) bond motifs is 1. The highest BCUT2D eigenvalue weighted by Gasteiger charge is 2.23. The molecule has 0 bridgehead atoms. The molecule has 1 aliphatic rings. The standard InChI is InChI=1S/C24H25NO4/c1-27-22-14-18-12-13-25(16-19(18)15-23(22)28-2)24(26)11-9-20-8-10-21(29-20)17-6-4-3-5-7-17/h3-8,10,14-15H,9,11-13,16H2,1-2H3. The van der Waals surface area contributed by atoms with Gasteiger partial charge in [0.05, 0.1) is 14.2 Å². The second-order valence-corrected chi connectivity index (χ2v) is 7.17. The molecule has 4 rings (SSSR count). The van der Waals surface area contributed by atoms with Crippen molar-refractivity contribution in [2.24, 2.45) is 0 Å². The van der Waals surface area contributed by atoms with Gasteiger partial charge in [-0.1, -0.05) is 30.3 Å². The van der Waals surface area contributed by atoms with Gasteiger partial charge < -0.3 is 18.8 Å². The molecule has 0 radical (unpaired) electrons. The van der Waals surface area contributed by atoms with Crippen LogP contribution in [0.5, 0.6) is 11.5 Å². The Kier molecular flexibility index (Phi) is 5.56. The Hall–Kier alpha value is -3.21. The first-order chi connectivity index (χ1) is 14.2. The molecule has 1 aromatic heterocycles. The van der Waals surface area contributed by atoms with Crippen molar-refractivity contribution >= 4 is 5.91 Å². The van der Waals surface area contributed by atoms with E-state index in [0.717, 1.165) is 41.4 Å². The van der Waals surface area contributed by atoms with Crippen LogP contribution in [0.1, 0.15) is 23.3 Å². The number of carbonyl (C=O) groups is 1. The quantitative estimate of drug-likeness (QED) is 0.622. The van der Waals surface area contributed by atoms with Gasteiger partial charge in [-0.05, 0) is 41.8 Å². The van der Waals surface area contributed by atoms with E-state index in [-0.39, 0.29) is 5.91 Å². The molecule has 29 heavy (non-hydrogen) atoms. The van der Waals surface area contributed by atoms with Crippen molar-refractivity contribution in [2.45, 2.75) is 25.8 Å². The molecule has 0 aliphatic carbocycles. The van der Waals surface area contributed by atoms with Gasteiger partial charge in [0, 0.05) is 31.5 Å². The van der Waals surface area contributed by atoms with Crippen LogP contribution in [0, 0.1) is 0 Å². The topological polar surface area (TPSA) is 51.9 Å². The smallest absolute Gasteiger partial charge is 0.223 e. The lowest BCUT2D eigenvalue weighted by Crippen LogP contribution is -2.36. The van der Waals surface area contributed by atoms with Crippen molar-refractivity contribution in [1.29, 1.82) is 0 Å². The molecule has 0 N–H and O–H groups in total. The van der Waals surface area contributed by atoms with Crippen LogP contribution >= 0.6 is 0 Å². The second kappa shape index (κ2) is 8.43. The number of hydrogen-bond donors (Lipinski definition) is 0. The third kappa shape index (κ3) is 4.14. The van der Waals surface area contributed by atoms with Crippen molar-refractivity contribution in [2.75, 3.05) is 20.8 Å². The Balaban J connectivity index is 1.38. The summed E-state index contributed by atoms with van der Waals surface area (Å²) in [6.45, 7) is 1.32. The van der Waals surface area contributed by atoms with Crippen molar-refractivity contribution in [1.82, 2.24) is 4.90 Å². The summed E-state index contributed by atoms with van der Waals surface area (Å²) in [5.74, 6) is 3.24. The van der Waals surface area contributed by atoms with Gasteiger partial charge in [0.2, 0.25) is 5.91 Å². The molecule has 0 unspecified atom stereocenters. The number of aryl methyl sites for hydroxylation is 1. The predicted molar refractivity (Wildman–Crippen MR) is 111 cm³/mol. The Morgan fingerprint density at radius 2 is 1.72 bits per heavy atom. The SMILES string of the molecule is COc1cc2c(cc1OC)CN(C(=O)CCc1ccc(-c3ccccc3)o1)CC2. The Labute approximate surface area is 170 Å². The average Bonchev–Trinajstić information content (AvgIpc) is 3.25. The van der Waals surface area contributed by atoms with Crippen LogP contribution in [0.4, 0.5) is 0 Å². The van der Waals surface area contributed by atoms with Crippen LogP contribution in [0.3, 0.4) is 0 Å². The van der Waals surface area contributed by atoms with Gasteiger partial charge in [0.25, 0.3) is 0 Å². The fraction of sp³-hybridized carbons (Fsp3) is 0.292. The van der Waals surface area contributed by atoms with Gasteiger partial charge >= 0.3 is 0 Å². The van der Waals surface area contributed by atoms with Gasteiger partial charge in [-0.15, -0.1) is 0 Å². The lowest BCUT2D eigenvalue weighted by atomic mass is 9.98. The molecule has 0 spiro atoms. The first kappa shape index (κ1) is 19.1. The molecule has 5 nitrogen and oxygen atoms in total. The molecule has 1 aliphatic heterocycles. The van der Waals surface area contributed by atoms with Crippen LogP contribution in [-0.2, 0) is 24.2 Å². The van der Waals surface area contributed by atoms with E-state index in [2.05, 4.69) is 0 Å². The summed E-state index contributed by atoms with van der Waals surface area (Å²) >= 11 is 0. The molecule has 0 fully saturated rings. The van der Waals surface area contributed by atoms with Crippen molar-refractivity contribution in [3.8, 4) is 22.8 Å². The molecule has 1 amide bonds. The van der Waals surface area contributed by atoms with E-state index >= 15 is 0 Å². The first-order valence-electron chi connectivity index (χ1n) is 9.83. The van der Waals surface area contributed by atoms with Crippen LogP contribution < -0.4 is 9.47 Å². The largest absolute Gasteiger partial charge is 0.493 e. The molecule has 150 valence electrons. The molecule has 0 saturated carbocycles. The van der Waals surface area contributed by atoms with E-state index in [9.17, 15) is 4.79 Å². The zero-order valence-electron chi connectivity index (χ0n) is 16.8. The number of methoxy groups -OCH3 is 2. The Bertz CT molecular complexity index is 993. The summed E-state index contributed by atoms with van der Waals surface area (Å²) in [5.41, 5.74) is 3.37. The maximum atomic E-state index is 12.8. The summed E-state index contributed by atoms with van der Waals surface area (Å²) in [5, 5.41) is 0. The zero-order valence-corrected chi connectivity index (χ0v) is 16.8. The van der Waals surface area contributed by atoms with E-state index in [1.54, 1.807) is 14.2 Å². The maximum Gasteiger partial charge on any atom is 0.223 e. The van der Waals surface area contributed by atoms with Crippen molar-refractivity contribution < 1.29 is 18.7 Å². The summed E-state index contributed by atoms with van der Waals surface area (Å²) in [6, 6.07) is 17.9. The summed E-state index contributed by atoms with van der Waals surface area (Å²) in [4.78, 5) is 14.7. The van der Waals surface area contributed by atoms with Gasteiger partial charge in [-0.2, -0.15) is 0 Å². The second-order valence-electron chi connectivity index (χ2n) is 7.17. The minimum Gasteiger partial charge on any atom is -0.493 e. The highest BCUT2D eigenvalue weighted by atomic mass is 16.5. The van der Waals surface area contributed by atoms with Crippen LogP contribution in [-0.4, -0.2) is 31.6 Å². The maximum absolute atomic E-state index is 12.8. The number of hydrogen-bond acceptors (Lipinski definition) is 4. The number of carbonyl (C=O) groups excluding carboxylic acids is 1. The van der Waals surface area contributed by atoms with Gasteiger partial charge in [-0.25, -0.2) is 0 Å². The summed E-state index contributed by atoms with van der Waals surface area (Å²) in [7, 11) is 3.27. The van der Waals surface area contributed by atoms with Crippen LogP contribution in [0.15, 0.2) is 59.0 Å². The van der Waals surface area contributed by atoms with Crippen LogP contribution in [0.2, 0.25) is 0 Å². The summed E-state index contributed by atoms with van der Waals surface area (Å²) in [6.07, 6.45) is 1.85. The summed E-state index contributed by atoms with van der Waals surface area (Å²) < 4.78 is 16.7. The lowest BCUT2D eigenvalue weighted by molar-refractivity contribution is -0.132. The Morgan fingerprint density at radius 1 is 1.00 bits per heavy atom. The highest BCUT2D eigenvalue weighted by molar-refractivity contribution is 5.77. The predicted octanol–water partition coefficient (Wildman–Crippen LogP) is 4.48. The van der Waals surface area contributed by atoms with E-state index in [1.807, 2.05) is 59.5 Å². The fourth-order valence-electron chi connectivity index (χ4n) is 3.75. The minimum absolute atomic E-state index is 0.142. The third-order valence-corrected chi connectivity index (χ3v) is 5.38. The average molecular weight is 391 g/mol. The molecule has 3 aromatic rings. The first-order valence-corrected chi connectivity index (χ1v) is 9.83. The van der Waals surface area contributed by atoms with Crippen LogP contribution in [0.25, 0.3) is 11.3 Å².